The molecule has 1 atom stereocenters. The molecule has 1 unspecified atom stereocenters. The number of aryl methyl sites for hydroxylation is 1. The molecule has 0 radical (unpaired) electrons. The van der Waals surface area contributed by atoms with Gasteiger partial charge in [0, 0.05) is 6.42 Å². The summed E-state index contributed by atoms with van der Waals surface area (Å²) >= 11 is 0. The Morgan fingerprint density at radius 3 is 2.29 bits per heavy atom. The maximum atomic E-state index is 11.0. The van der Waals surface area contributed by atoms with Gasteiger partial charge in [-0.3, -0.25) is 0 Å². The molecule has 1 aromatic carbocycles. The molecule has 0 saturated carbocycles. The van der Waals surface area contributed by atoms with Gasteiger partial charge < -0.3 is 4.79 Å². The fourth-order valence-corrected chi connectivity index (χ4v) is 1.63. The highest BCUT2D eigenvalue weighted by Crippen LogP contribution is 2.19. The average molecular weight is 190 g/mol. The highest BCUT2D eigenvalue weighted by atomic mass is 16.1. The van der Waals surface area contributed by atoms with Gasteiger partial charge in [-0.15, -0.1) is 0 Å². The Labute approximate surface area is 86.1 Å². The molecule has 14 heavy (non-hydrogen) atoms. The van der Waals surface area contributed by atoms with Crippen LogP contribution in [0.15, 0.2) is 24.3 Å². The molecule has 1 nitrogen and oxygen atoms in total. The molecule has 0 spiro atoms. The number of hydrogen-bond acceptors (Lipinski definition) is 1. The van der Waals surface area contributed by atoms with Crippen LogP contribution in [-0.4, -0.2) is 5.78 Å². The number of ketones is 1. The van der Waals surface area contributed by atoms with Gasteiger partial charge in [0.15, 0.2) is 0 Å². The van der Waals surface area contributed by atoms with Crippen LogP contribution in [0.1, 0.15) is 44.2 Å². The molecule has 0 N–H and O–H groups in total. The number of carbonyl (C=O) groups is 1. The first-order valence-electron chi connectivity index (χ1n) is 5.21. The van der Waals surface area contributed by atoms with Crippen molar-refractivity contribution in [3.63, 3.8) is 0 Å². The molecule has 0 heterocycles. The zero-order valence-electron chi connectivity index (χ0n) is 9.21. The lowest BCUT2D eigenvalue weighted by molar-refractivity contribution is -0.117. The number of rotatable bonds is 4. The summed E-state index contributed by atoms with van der Waals surface area (Å²) in [5, 5.41) is 0. The van der Waals surface area contributed by atoms with Gasteiger partial charge in [0.05, 0.1) is 0 Å². The Morgan fingerprint density at radius 2 is 1.86 bits per heavy atom. The second kappa shape index (κ2) is 4.94. The fraction of sp³-hybridized carbons (Fsp3) is 0.462. The highest BCUT2D eigenvalue weighted by Gasteiger charge is 2.07. The first kappa shape index (κ1) is 11.0. The Hall–Kier alpha value is -1.11. The maximum Gasteiger partial charge on any atom is 0.130 e. The minimum atomic E-state index is 0.261. The molecular weight excluding hydrogens is 172 g/mol. The van der Waals surface area contributed by atoms with Crippen LogP contribution in [0.5, 0.6) is 0 Å². The van der Waals surface area contributed by atoms with Gasteiger partial charge in [-0.25, -0.2) is 0 Å². The third-order valence-corrected chi connectivity index (χ3v) is 2.55. The quantitative estimate of drug-likeness (QED) is 0.711. The first-order chi connectivity index (χ1) is 6.63. The fourth-order valence-electron chi connectivity index (χ4n) is 1.63. The van der Waals surface area contributed by atoms with E-state index in [4.69, 9.17) is 0 Å². The predicted octanol–water partition coefficient (Wildman–Crippen LogP) is 3.33. The van der Waals surface area contributed by atoms with Crippen molar-refractivity contribution in [2.24, 2.45) is 0 Å². The van der Waals surface area contributed by atoms with Gasteiger partial charge in [0.25, 0.3) is 0 Å². The van der Waals surface area contributed by atoms with E-state index in [0.717, 1.165) is 6.42 Å². The van der Waals surface area contributed by atoms with Crippen molar-refractivity contribution >= 4 is 5.78 Å². The summed E-state index contributed by atoms with van der Waals surface area (Å²) in [6.45, 7) is 5.90. The topological polar surface area (TPSA) is 17.1 Å². The molecule has 1 heteroatoms. The number of benzene rings is 1. The number of carbonyl (C=O) groups excluding carboxylic acids is 1. The van der Waals surface area contributed by atoms with Crippen LogP contribution in [0, 0.1) is 0 Å². The lowest BCUT2D eigenvalue weighted by Gasteiger charge is -2.10. The average Bonchev–Trinajstić information content (AvgIpc) is 2.17. The van der Waals surface area contributed by atoms with E-state index in [9.17, 15) is 4.79 Å². The Kier molecular flexibility index (Phi) is 3.87. The van der Waals surface area contributed by atoms with E-state index >= 15 is 0 Å². The lowest BCUT2D eigenvalue weighted by atomic mass is 9.95. The predicted molar refractivity (Wildman–Crippen MR) is 59.5 cm³/mol. The van der Waals surface area contributed by atoms with E-state index in [1.807, 2.05) is 0 Å². The van der Waals surface area contributed by atoms with Crippen molar-refractivity contribution in [1.29, 1.82) is 0 Å². The van der Waals surface area contributed by atoms with Gasteiger partial charge >= 0.3 is 0 Å². The first-order valence-corrected chi connectivity index (χ1v) is 5.21. The van der Waals surface area contributed by atoms with Gasteiger partial charge in [-0.2, -0.15) is 0 Å². The molecule has 0 amide bonds. The SMILES string of the molecule is CCc1ccc(C(C)CC(C)=O)cc1. The van der Waals surface area contributed by atoms with Crippen LogP contribution in [0.3, 0.4) is 0 Å². The van der Waals surface area contributed by atoms with Crippen LogP contribution in [0.25, 0.3) is 0 Å². The summed E-state index contributed by atoms with van der Waals surface area (Å²) in [5.41, 5.74) is 2.61. The summed E-state index contributed by atoms with van der Waals surface area (Å²) in [6, 6.07) is 8.55. The van der Waals surface area contributed by atoms with Crippen molar-refractivity contribution in [2.75, 3.05) is 0 Å². The standard InChI is InChI=1S/C13H18O/c1-4-12-5-7-13(8-6-12)10(2)9-11(3)14/h5-8,10H,4,9H2,1-3H3. The zero-order valence-corrected chi connectivity index (χ0v) is 9.21. The molecular formula is C13H18O. The normalized spacial score (nSPS) is 12.5. The second-order valence-electron chi connectivity index (χ2n) is 3.90. The van der Waals surface area contributed by atoms with Crippen LogP contribution in [0.4, 0.5) is 0 Å². The van der Waals surface area contributed by atoms with Crippen molar-refractivity contribution in [3.05, 3.63) is 35.4 Å². The molecule has 0 saturated heterocycles. The van der Waals surface area contributed by atoms with Gasteiger partial charge in [-0.05, 0) is 30.4 Å². The Bertz CT molecular complexity index is 298. The van der Waals surface area contributed by atoms with Crippen molar-refractivity contribution in [3.8, 4) is 0 Å². The van der Waals surface area contributed by atoms with Crippen molar-refractivity contribution in [1.82, 2.24) is 0 Å². The van der Waals surface area contributed by atoms with Gasteiger partial charge in [-0.1, -0.05) is 38.1 Å². The Balaban J connectivity index is 2.71. The molecule has 0 aliphatic carbocycles. The zero-order chi connectivity index (χ0) is 10.6. The van der Waals surface area contributed by atoms with Gasteiger partial charge in [0.1, 0.15) is 5.78 Å². The molecule has 1 aromatic rings. The van der Waals surface area contributed by atoms with E-state index in [2.05, 4.69) is 38.1 Å². The van der Waals surface area contributed by atoms with Crippen LogP contribution < -0.4 is 0 Å². The van der Waals surface area contributed by atoms with Crippen molar-refractivity contribution < 1.29 is 4.79 Å². The van der Waals surface area contributed by atoms with E-state index in [1.54, 1.807) is 6.92 Å². The number of Topliss-reactive ketones (excluding diaryl/α,β-unsaturated/α-hetero) is 1. The largest absolute Gasteiger partial charge is 0.300 e. The molecule has 76 valence electrons. The van der Waals surface area contributed by atoms with E-state index < -0.39 is 0 Å². The maximum absolute atomic E-state index is 11.0. The summed E-state index contributed by atoms with van der Waals surface area (Å²) in [4.78, 5) is 11.0. The molecule has 0 aliphatic heterocycles. The minimum Gasteiger partial charge on any atom is -0.300 e. The summed E-state index contributed by atoms with van der Waals surface area (Å²) in [7, 11) is 0. The monoisotopic (exact) mass is 190 g/mol. The second-order valence-corrected chi connectivity index (χ2v) is 3.90. The Morgan fingerprint density at radius 1 is 1.29 bits per heavy atom. The smallest absolute Gasteiger partial charge is 0.130 e. The number of hydrogen-bond donors (Lipinski definition) is 0. The van der Waals surface area contributed by atoms with E-state index in [0.29, 0.717) is 12.3 Å². The molecule has 0 aliphatic rings. The van der Waals surface area contributed by atoms with Crippen LogP contribution >= 0.6 is 0 Å². The minimum absolute atomic E-state index is 0.261. The van der Waals surface area contributed by atoms with Gasteiger partial charge in [0.2, 0.25) is 0 Å². The molecule has 0 aromatic heterocycles. The summed E-state index contributed by atoms with van der Waals surface area (Å²) in [5.74, 6) is 0.607. The van der Waals surface area contributed by atoms with E-state index in [1.165, 1.54) is 11.1 Å². The third-order valence-electron chi connectivity index (χ3n) is 2.55. The molecule has 0 bridgehead atoms. The molecule has 1 rings (SSSR count). The molecule has 0 fully saturated rings. The summed E-state index contributed by atoms with van der Waals surface area (Å²) in [6.07, 6.45) is 1.72. The van der Waals surface area contributed by atoms with Crippen molar-refractivity contribution in [2.45, 2.75) is 39.5 Å². The van der Waals surface area contributed by atoms with Crippen LogP contribution in [-0.2, 0) is 11.2 Å². The van der Waals surface area contributed by atoms with E-state index in [-0.39, 0.29) is 5.78 Å². The lowest BCUT2D eigenvalue weighted by Crippen LogP contribution is -2.00. The highest BCUT2D eigenvalue weighted by molar-refractivity contribution is 5.76. The summed E-state index contributed by atoms with van der Waals surface area (Å²) < 4.78 is 0. The van der Waals surface area contributed by atoms with Crippen LogP contribution in [0.2, 0.25) is 0 Å². The third kappa shape index (κ3) is 2.99.